The third kappa shape index (κ3) is 1.14. The first-order valence-corrected chi connectivity index (χ1v) is 8.85. The lowest BCUT2D eigenvalue weighted by molar-refractivity contribution is 1.26. The summed E-state index contributed by atoms with van der Waals surface area (Å²) in [4.78, 5) is 1.64. The normalized spacial score (nSPS) is 31.6. The van der Waals surface area contributed by atoms with Gasteiger partial charge >= 0.3 is 0 Å². The van der Waals surface area contributed by atoms with E-state index in [2.05, 4.69) is 44.3 Å². The van der Waals surface area contributed by atoms with E-state index >= 15 is 0 Å². The van der Waals surface area contributed by atoms with Gasteiger partial charge in [-0.25, -0.2) is 0 Å². The summed E-state index contributed by atoms with van der Waals surface area (Å²) in [5.41, 5.74) is 1.51. The summed E-state index contributed by atoms with van der Waals surface area (Å²) in [5, 5.41) is 0.806. The summed E-state index contributed by atoms with van der Waals surface area (Å²) in [5.74, 6) is 0. The Morgan fingerprint density at radius 1 is 1.42 bits per heavy atom. The Bertz CT molecular complexity index is 341. The Labute approximate surface area is 77.8 Å². The van der Waals surface area contributed by atoms with Gasteiger partial charge in [-0.3, -0.25) is 0 Å². The van der Waals surface area contributed by atoms with Gasteiger partial charge in [0.25, 0.3) is 0 Å². The number of hydrogen-bond donors (Lipinski definition) is 0. The molecule has 1 aliphatic carbocycles. The van der Waals surface area contributed by atoms with E-state index in [4.69, 9.17) is 0 Å². The molecular formula is C10H14SSi. The molecule has 0 aromatic heterocycles. The number of allylic oxidation sites excluding steroid dienone is 4. The van der Waals surface area contributed by atoms with Crippen molar-refractivity contribution in [3.63, 3.8) is 0 Å². The molecule has 64 valence electrons. The van der Waals surface area contributed by atoms with Crippen LogP contribution in [0.15, 0.2) is 34.8 Å². The lowest BCUT2D eigenvalue weighted by atomic mass is 10.2. The fourth-order valence-corrected chi connectivity index (χ4v) is 8.66. The first-order chi connectivity index (χ1) is 5.70. The smallest absolute Gasteiger partial charge is 0.0424 e. The Balaban J connectivity index is 2.52. The number of rotatable bonds is 0. The van der Waals surface area contributed by atoms with Gasteiger partial charge in [0, 0.05) is 17.7 Å². The molecule has 2 heteroatoms. The highest BCUT2D eigenvalue weighted by molar-refractivity contribution is 8.25. The highest BCUT2D eigenvalue weighted by Gasteiger charge is 2.22. The molecule has 2 aliphatic rings. The monoisotopic (exact) mass is 194 g/mol. The molecule has 2 rings (SSSR count). The Hall–Kier alpha value is -0.213. The zero-order chi connectivity index (χ0) is 8.72. The van der Waals surface area contributed by atoms with Gasteiger partial charge in [-0.15, -0.1) is 0 Å². The molecule has 2 unspecified atom stereocenters. The van der Waals surface area contributed by atoms with Crippen molar-refractivity contribution in [3.8, 4) is 0 Å². The van der Waals surface area contributed by atoms with Crippen LogP contribution in [-0.2, 0) is 0 Å². The highest BCUT2D eigenvalue weighted by Crippen LogP contribution is 2.46. The number of hydrogen-bond acceptors (Lipinski definition) is 0. The van der Waals surface area contributed by atoms with Crippen LogP contribution in [0.25, 0.3) is 0 Å². The van der Waals surface area contributed by atoms with Crippen molar-refractivity contribution in [3.05, 3.63) is 34.8 Å². The summed E-state index contributed by atoms with van der Waals surface area (Å²) in [6.07, 6.45) is 9.20. The van der Waals surface area contributed by atoms with Crippen LogP contribution in [0.4, 0.5) is 0 Å². The van der Waals surface area contributed by atoms with Gasteiger partial charge in [-0.2, -0.15) is 9.89 Å². The zero-order valence-corrected chi connectivity index (χ0v) is 9.61. The largest absolute Gasteiger partial charge is 0.175 e. The van der Waals surface area contributed by atoms with Crippen LogP contribution in [0.1, 0.15) is 6.92 Å². The maximum Gasteiger partial charge on any atom is 0.0424 e. The van der Waals surface area contributed by atoms with E-state index in [9.17, 15) is 0 Å². The van der Waals surface area contributed by atoms with Crippen molar-refractivity contribution in [2.45, 2.75) is 25.3 Å². The van der Waals surface area contributed by atoms with Crippen molar-refractivity contribution in [1.29, 1.82) is 0 Å². The third-order valence-corrected chi connectivity index (χ3v) is 9.29. The predicted molar refractivity (Wildman–Crippen MR) is 59.8 cm³/mol. The van der Waals surface area contributed by atoms with E-state index in [1.54, 1.807) is 4.91 Å². The first kappa shape index (κ1) is 8.39. The van der Waals surface area contributed by atoms with E-state index in [0.29, 0.717) is 9.89 Å². The lowest BCUT2D eigenvalue weighted by Gasteiger charge is -2.10. The van der Waals surface area contributed by atoms with Crippen LogP contribution in [-0.4, -0.2) is 12.8 Å². The minimum Gasteiger partial charge on any atom is -0.175 e. The molecule has 0 nitrogen and oxygen atoms in total. The SMILES string of the molecule is CC1C=C2C=CC=C2S1=[Si](C)C. The van der Waals surface area contributed by atoms with Crippen LogP contribution < -0.4 is 0 Å². The molecule has 0 bridgehead atoms. The van der Waals surface area contributed by atoms with Crippen LogP contribution in [0, 0.1) is 0 Å². The highest BCUT2D eigenvalue weighted by atomic mass is 32.3. The van der Waals surface area contributed by atoms with Crippen molar-refractivity contribution < 1.29 is 0 Å². The van der Waals surface area contributed by atoms with Crippen LogP contribution in [0.3, 0.4) is 0 Å². The summed E-state index contributed by atoms with van der Waals surface area (Å²) in [6.45, 7) is 7.22. The molecule has 0 saturated carbocycles. The van der Waals surface area contributed by atoms with Gasteiger partial charge in [0.2, 0.25) is 0 Å². The summed E-state index contributed by atoms with van der Waals surface area (Å²) in [7, 11) is 0.432. The maximum absolute atomic E-state index is 2.44. The van der Waals surface area contributed by atoms with E-state index in [1.807, 2.05) is 0 Å². The topological polar surface area (TPSA) is 0 Å². The fraction of sp³-hybridized carbons (Fsp3) is 0.400. The second-order valence-corrected chi connectivity index (χ2v) is 10.9. The number of fused-ring (bicyclic) bond motifs is 1. The molecule has 1 aliphatic heterocycles. The van der Waals surface area contributed by atoms with E-state index in [1.165, 1.54) is 5.57 Å². The van der Waals surface area contributed by atoms with Gasteiger partial charge in [0.1, 0.15) is 0 Å². The minimum atomic E-state index is -0.146. The van der Waals surface area contributed by atoms with E-state index in [0.717, 1.165) is 5.25 Å². The predicted octanol–water partition coefficient (Wildman–Crippen LogP) is 3.29. The lowest BCUT2D eigenvalue weighted by Crippen LogP contribution is -1.95. The van der Waals surface area contributed by atoms with Crippen LogP contribution in [0.2, 0.25) is 13.1 Å². The molecule has 2 atom stereocenters. The Morgan fingerprint density at radius 3 is 2.83 bits per heavy atom. The van der Waals surface area contributed by atoms with E-state index < -0.39 is 0 Å². The molecule has 0 radical (unpaired) electrons. The van der Waals surface area contributed by atoms with Gasteiger partial charge < -0.3 is 0 Å². The van der Waals surface area contributed by atoms with Gasteiger partial charge in [-0.05, 0) is 11.6 Å². The van der Waals surface area contributed by atoms with Crippen molar-refractivity contribution >= 4 is 17.4 Å². The summed E-state index contributed by atoms with van der Waals surface area (Å²) < 4.78 is 0. The molecular weight excluding hydrogens is 180 g/mol. The quantitative estimate of drug-likeness (QED) is 0.519. The second kappa shape index (κ2) is 2.93. The molecule has 0 amide bonds. The van der Waals surface area contributed by atoms with E-state index in [-0.39, 0.29) is 7.50 Å². The average Bonchev–Trinajstić information content (AvgIpc) is 2.44. The zero-order valence-electron chi connectivity index (χ0n) is 7.79. The first-order valence-electron chi connectivity index (χ1n) is 4.34. The molecule has 0 saturated heterocycles. The van der Waals surface area contributed by atoms with Crippen molar-refractivity contribution in [1.82, 2.24) is 0 Å². The minimum absolute atomic E-state index is 0.146. The molecule has 0 aromatic carbocycles. The van der Waals surface area contributed by atoms with Gasteiger partial charge in [0.15, 0.2) is 0 Å². The Morgan fingerprint density at radius 2 is 2.17 bits per heavy atom. The molecule has 12 heavy (non-hydrogen) atoms. The third-order valence-electron chi connectivity index (χ3n) is 2.27. The second-order valence-electron chi connectivity index (χ2n) is 3.46. The summed E-state index contributed by atoms with van der Waals surface area (Å²) in [6, 6.07) is 0. The fourth-order valence-electron chi connectivity index (χ4n) is 1.87. The van der Waals surface area contributed by atoms with Crippen molar-refractivity contribution in [2.75, 3.05) is 0 Å². The molecule has 0 fully saturated rings. The average molecular weight is 194 g/mol. The molecule has 1 heterocycles. The van der Waals surface area contributed by atoms with Crippen molar-refractivity contribution in [2.24, 2.45) is 0 Å². The molecule has 0 N–H and O–H groups in total. The van der Waals surface area contributed by atoms with Crippen LogP contribution >= 0.6 is 9.89 Å². The van der Waals surface area contributed by atoms with Gasteiger partial charge in [-0.1, -0.05) is 38.2 Å². The Kier molecular flexibility index (Phi) is 2.05. The van der Waals surface area contributed by atoms with Gasteiger partial charge in [0.05, 0.1) is 0 Å². The maximum atomic E-state index is 2.44. The molecule has 0 aromatic rings. The van der Waals surface area contributed by atoms with Crippen LogP contribution in [0.5, 0.6) is 0 Å². The molecule has 0 spiro atoms. The summed E-state index contributed by atoms with van der Waals surface area (Å²) >= 11 is 0. The standard InChI is InChI=1S/C10H14SSi/c1-8-7-9-5-4-6-10(9)11(8)12(2)3/h4-8H,1-3H3.